The van der Waals surface area contributed by atoms with Crippen molar-refractivity contribution >= 4 is 35.8 Å². The summed E-state index contributed by atoms with van der Waals surface area (Å²) in [5.74, 6) is 1.73. The second-order valence-corrected chi connectivity index (χ2v) is 5.75. The summed E-state index contributed by atoms with van der Waals surface area (Å²) >= 11 is 0. The fourth-order valence-electron chi connectivity index (χ4n) is 2.69. The molecule has 2 N–H and O–H groups in total. The standard InChI is InChI=1S/C16H32N4O.HI/c1-4-6-7-10-19-16(18-5-2)20-11-8-14(9-12-20)13-15(21)17-3;/h14H,4-13H2,1-3H3,(H,17,21)(H,18,19);1H. The summed E-state index contributed by atoms with van der Waals surface area (Å²) in [5.41, 5.74) is 0. The lowest BCUT2D eigenvalue weighted by molar-refractivity contribution is -0.121. The lowest BCUT2D eigenvalue weighted by Gasteiger charge is -2.34. The largest absolute Gasteiger partial charge is 0.359 e. The molecule has 1 amide bonds. The number of carbonyl (C=O) groups is 1. The van der Waals surface area contributed by atoms with E-state index in [1.165, 1.54) is 19.3 Å². The molecule has 0 spiro atoms. The quantitative estimate of drug-likeness (QED) is 0.286. The Bertz CT molecular complexity index is 328. The number of nitrogens with one attached hydrogen (secondary N) is 2. The van der Waals surface area contributed by atoms with Crippen molar-refractivity contribution in [2.24, 2.45) is 10.9 Å². The van der Waals surface area contributed by atoms with Crippen molar-refractivity contribution in [2.45, 2.75) is 52.4 Å². The Kier molecular flexibility index (Phi) is 12.6. The molecule has 0 atom stereocenters. The Morgan fingerprint density at radius 3 is 2.45 bits per heavy atom. The average molecular weight is 424 g/mol. The Balaban J connectivity index is 0.00000441. The topological polar surface area (TPSA) is 56.7 Å². The van der Waals surface area contributed by atoms with Crippen LogP contribution in [0.2, 0.25) is 0 Å². The number of rotatable bonds is 7. The third-order valence-corrected chi connectivity index (χ3v) is 4.03. The molecule has 0 aromatic heterocycles. The number of hydrogen-bond donors (Lipinski definition) is 2. The van der Waals surface area contributed by atoms with Gasteiger partial charge < -0.3 is 15.5 Å². The molecule has 6 heteroatoms. The third-order valence-electron chi connectivity index (χ3n) is 4.03. The summed E-state index contributed by atoms with van der Waals surface area (Å²) < 4.78 is 0. The van der Waals surface area contributed by atoms with Crippen LogP contribution in [0.3, 0.4) is 0 Å². The first-order valence-electron chi connectivity index (χ1n) is 8.45. The highest BCUT2D eigenvalue weighted by molar-refractivity contribution is 14.0. The predicted molar refractivity (Wildman–Crippen MR) is 104 cm³/mol. The van der Waals surface area contributed by atoms with E-state index in [-0.39, 0.29) is 29.9 Å². The van der Waals surface area contributed by atoms with Gasteiger partial charge in [-0.25, -0.2) is 0 Å². The van der Waals surface area contributed by atoms with E-state index in [2.05, 4.69) is 29.4 Å². The molecule has 130 valence electrons. The molecule has 1 saturated heterocycles. The predicted octanol–water partition coefficient (Wildman–Crippen LogP) is 2.61. The van der Waals surface area contributed by atoms with Crippen molar-refractivity contribution in [3.63, 3.8) is 0 Å². The first kappa shape index (κ1) is 21.5. The van der Waals surface area contributed by atoms with Crippen LogP contribution in [0.25, 0.3) is 0 Å². The number of piperidine rings is 1. The smallest absolute Gasteiger partial charge is 0.220 e. The summed E-state index contributed by atoms with van der Waals surface area (Å²) in [5, 5.41) is 6.11. The van der Waals surface area contributed by atoms with Gasteiger partial charge in [-0.05, 0) is 32.1 Å². The summed E-state index contributed by atoms with van der Waals surface area (Å²) in [6.45, 7) is 8.15. The zero-order chi connectivity index (χ0) is 15.5. The van der Waals surface area contributed by atoms with Crippen molar-refractivity contribution in [2.75, 3.05) is 33.2 Å². The van der Waals surface area contributed by atoms with Crippen molar-refractivity contribution in [1.82, 2.24) is 15.5 Å². The third kappa shape index (κ3) is 8.19. The molecule has 0 unspecified atom stereocenters. The number of unbranched alkanes of at least 4 members (excludes halogenated alkanes) is 2. The Hall–Kier alpha value is -0.530. The van der Waals surface area contributed by atoms with Gasteiger partial charge in [-0.15, -0.1) is 24.0 Å². The number of aliphatic imine (C=N–C) groups is 1. The minimum Gasteiger partial charge on any atom is -0.359 e. The molecule has 0 bridgehead atoms. The molecule has 0 aromatic carbocycles. The molecule has 1 fully saturated rings. The summed E-state index contributed by atoms with van der Waals surface area (Å²) in [6.07, 6.45) is 6.46. The fourth-order valence-corrected chi connectivity index (χ4v) is 2.69. The van der Waals surface area contributed by atoms with E-state index in [4.69, 9.17) is 4.99 Å². The van der Waals surface area contributed by atoms with Crippen LogP contribution in [-0.2, 0) is 4.79 Å². The van der Waals surface area contributed by atoms with Gasteiger partial charge in [0.25, 0.3) is 0 Å². The highest BCUT2D eigenvalue weighted by Crippen LogP contribution is 2.20. The second kappa shape index (κ2) is 13.0. The maximum absolute atomic E-state index is 11.4. The maximum Gasteiger partial charge on any atom is 0.220 e. The van der Waals surface area contributed by atoms with Gasteiger partial charge in [0.2, 0.25) is 5.91 Å². The van der Waals surface area contributed by atoms with E-state index >= 15 is 0 Å². The van der Waals surface area contributed by atoms with Crippen molar-refractivity contribution in [3.05, 3.63) is 0 Å². The van der Waals surface area contributed by atoms with Crippen LogP contribution in [0.4, 0.5) is 0 Å². The van der Waals surface area contributed by atoms with Gasteiger partial charge in [0.15, 0.2) is 5.96 Å². The monoisotopic (exact) mass is 424 g/mol. The summed E-state index contributed by atoms with van der Waals surface area (Å²) in [6, 6.07) is 0. The highest BCUT2D eigenvalue weighted by Gasteiger charge is 2.22. The Morgan fingerprint density at radius 2 is 1.91 bits per heavy atom. The van der Waals surface area contributed by atoms with Gasteiger partial charge in [-0.2, -0.15) is 0 Å². The summed E-state index contributed by atoms with van der Waals surface area (Å²) in [7, 11) is 1.71. The zero-order valence-corrected chi connectivity index (χ0v) is 16.7. The lowest BCUT2D eigenvalue weighted by Crippen LogP contribution is -2.46. The number of guanidine groups is 1. The molecule has 1 aliphatic heterocycles. The Labute approximate surface area is 152 Å². The molecule has 22 heavy (non-hydrogen) atoms. The van der Waals surface area contributed by atoms with E-state index < -0.39 is 0 Å². The van der Waals surface area contributed by atoms with Crippen LogP contribution < -0.4 is 10.6 Å². The Morgan fingerprint density at radius 1 is 1.23 bits per heavy atom. The molecular weight excluding hydrogens is 391 g/mol. The summed E-state index contributed by atoms with van der Waals surface area (Å²) in [4.78, 5) is 18.5. The van der Waals surface area contributed by atoms with E-state index in [0.29, 0.717) is 12.3 Å². The molecule has 0 radical (unpaired) electrons. The van der Waals surface area contributed by atoms with Gasteiger partial charge in [-0.1, -0.05) is 19.8 Å². The van der Waals surface area contributed by atoms with Gasteiger partial charge in [0.1, 0.15) is 0 Å². The van der Waals surface area contributed by atoms with Crippen LogP contribution >= 0.6 is 24.0 Å². The lowest BCUT2D eigenvalue weighted by atomic mass is 9.93. The SMILES string of the molecule is CCCCCN=C(NCC)N1CCC(CC(=O)NC)CC1.I. The van der Waals surface area contributed by atoms with Gasteiger partial charge >= 0.3 is 0 Å². The number of carbonyl (C=O) groups excluding carboxylic acids is 1. The van der Waals surface area contributed by atoms with Crippen LogP contribution in [0.1, 0.15) is 52.4 Å². The number of amides is 1. The average Bonchev–Trinajstić information content (AvgIpc) is 2.51. The zero-order valence-electron chi connectivity index (χ0n) is 14.4. The normalized spacial score (nSPS) is 16.1. The minimum absolute atomic E-state index is 0. The first-order valence-corrected chi connectivity index (χ1v) is 8.45. The van der Waals surface area contributed by atoms with Crippen molar-refractivity contribution in [3.8, 4) is 0 Å². The van der Waals surface area contributed by atoms with E-state index in [9.17, 15) is 4.79 Å². The van der Waals surface area contributed by atoms with E-state index in [1.807, 2.05) is 0 Å². The molecule has 1 heterocycles. The van der Waals surface area contributed by atoms with E-state index in [1.54, 1.807) is 7.05 Å². The highest BCUT2D eigenvalue weighted by atomic mass is 127. The van der Waals surface area contributed by atoms with Gasteiger partial charge in [0, 0.05) is 39.6 Å². The molecule has 1 rings (SSSR count). The molecule has 0 saturated carbocycles. The maximum atomic E-state index is 11.4. The number of nitrogens with zero attached hydrogens (tertiary/aromatic N) is 2. The minimum atomic E-state index is 0. The van der Waals surface area contributed by atoms with Crippen LogP contribution in [-0.4, -0.2) is 50.0 Å². The number of halogens is 1. The molecule has 1 aliphatic rings. The number of hydrogen-bond acceptors (Lipinski definition) is 2. The molecule has 0 aromatic rings. The van der Waals surface area contributed by atoms with E-state index in [0.717, 1.165) is 45.0 Å². The van der Waals surface area contributed by atoms with Gasteiger partial charge in [0.05, 0.1) is 0 Å². The second-order valence-electron chi connectivity index (χ2n) is 5.75. The molecule has 0 aliphatic carbocycles. The number of likely N-dealkylation sites (tertiary alicyclic amines) is 1. The fraction of sp³-hybridized carbons (Fsp3) is 0.875. The van der Waals surface area contributed by atoms with Crippen LogP contribution in [0.15, 0.2) is 4.99 Å². The van der Waals surface area contributed by atoms with Crippen molar-refractivity contribution in [1.29, 1.82) is 0 Å². The van der Waals surface area contributed by atoms with Crippen molar-refractivity contribution < 1.29 is 4.79 Å². The van der Waals surface area contributed by atoms with Crippen LogP contribution in [0, 0.1) is 5.92 Å². The molecular formula is C16H33IN4O. The first-order chi connectivity index (χ1) is 10.2. The van der Waals surface area contributed by atoms with Gasteiger partial charge in [-0.3, -0.25) is 9.79 Å². The van der Waals surface area contributed by atoms with Crippen LogP contribution in [0.5, 0.6) is 0 Å². The molecule has 5 nitrogen and oxygen atoms in total.